The van der Waals surface area contributed by atoms with Crippen LogP contribution in [0.15, 0.2) is 18.2 Å². The second kappa shape index (κ2) is 7.28. The van der Waals surface area contributed by atoms with Crippen molar-refractivity contribution in [3.8, 4) is 5.75 Å². The van der Waals surface area contributed by atoms with Gasteiger partial charge in [0, 0.05) is 25.2 Å². The zero-order valence-corrected chi connectivity index (χ0v) is 12.3. The van der Waals surface area contributed by atoms with E-state index in [1.807, 2.05) is 0 Å². The SMILES string of the molecule is COc1ccc(N)cc1NC(=O)CCN1CCCC(O)C1. The van der Waals surface area contributed by atoms with Crippen molar-refractivity contribution < 1.29 is 14.6 Å². The van der Waals surface area contributed by atoms with Gasteiger partial charge in [-0.15, -0.1) is 0 Å². The lowest BCUT2D eigenvalue weighted by Crippen LogP contribution is -2.39. The fourth-order valence-corrected chi connectivity index (χ4v) is 2.53. The summed E-state index contributed by atoms with van der Waals surface area (Å²) in [6.07, 6.45) is 1.94. The third kappa shape index (κ3) is 4.61. The lowest BCUT2D eigenvalue weighted by molar-refractivity contribution is -0.116. The highest BCUT2D eigenvalue weighted by Crippen LogP contribution is 2.26. The van der Waals surface area contributed by atoms with E-state index >= 15 is 0 Å². The molecule has 6 heteroatoms. The van der Waals surface area contributed by atoms with Crippen molar-refractivity contribution in [1.29, 1.82) is 0 Å². The number of aliphatic hydroxyl groups is 1. The molecule has 0 aromatic heterocycles. The Kier molecular flexibility index (Phi) is 5.41. The van der Waals surface area contributed by atoms with E-state index in [0.29, 0.717) is 36.6 Å². The first-order valence-corrected chi connectivity index (χ1v) is 7.22. The van der Waals surface area contributed by atoms with E-state index in [4.69, 9.17) is 10.5 Å². The van der Waals surface area contributed by atoms with Crippen LogP contribution in [0.4, 0.5) is 11.4 Å². The number of benzene rings is 1. The lowest BCUT2D eigenvalue weighted by atomic mass is 10.1. The number of nitrogens with zero attached hydrogens (tertiary/aromatic N) is 1. The van der Waals surface area contributed by atoms with Crippen LogP contribution < -0.4 is 15.8 Å². The highest BCUT2D eigenvalue weighted by Gasteiger charge is 2.18. The molecule has 0 spiro atoms. The summed E-state index contributed by atoms with van der Waals surface area (Å²) in [6.45, 7) is 2.23. The Morgan fingerprint density at radius 3 is 3.10 bits per heavy atom. The van der Waals surface area contributed by atoms with Crippen LogP contribution in [-0.2, 0) is 4.79 Å². The molecule has 6 nitrogen and oxygen atoms in total. The normalized spacial score (nSPS) is 19.2. The van der Waals surface area contributed by atoms with E-state index in [9.17, 15) is 9.90 Å². The number of nitrogens with one attached hydrogen (secondary N) is 1. The molecule has 0 saturated carbocycles. The first kappa shape index (κ1) is 15.6. The number of anilines is 2. The molecule has 1 heterocycles. The van der Waals surface area contributed by atoms with Gasteiger partial charge in [-0.25, -0.2) is 0 Å². The van der Waals surface area contributed by atoms with Gasteiger partial charge in [0.25, 0.3) is 0 Å². The molecule has 1 amide bonds. The van der Waals surface area contributed by atoms with E-state index in [2.05, 4.69) is 10.2 Å². The Morgan fingerprint density at radius 2 is 2.38 bits per heavy atom. The van der Waals surface area contributed by atoms with Gasteiger partial charge in [-0.3, -0.25) is 4.79 Å². The standard InChI is InChI=1S/C15H23N3O3/c1-21-14-5-4-11(16)9-13(14)17-15(20)6-8-18-7-2-3-12(19)10-18/h4-5,9,12,19H,2-3,6-8,10,16H2,1H3,(H,17,20). The third-order valence-corrected chi connectivity index (χ3v) is 3.63. The molecule has 0 radical (unpaired) electrons. The number of hydrogen-bond acceptors (Lipinski definition) is 5. The summed E-state index contributed by atoms with van der Waals surface area (Å²) in [5.41, 5.74) is 6.88. The number of piperidine rings is 1. The summed E-state index contributed by atoms with van der Waals surface area (Å²) >= 11 is 0. The maximum absolute atomic E-state index is 12.0. The molecule has 116 valence electrons. The maximum Gasteiger partial charge on any atom is 0.225 e. The van der Waals surface area contributed by atoms with E-state index in [1.54, 1.807) is 25.3 Å². The molecule has 1 saturated heterocycles. The van der Waals surface area contributed by atoms with Gasteiger partial charge in [0.15, 0.2) is 0 Å². The van der Waals surface area contributed by atoms with Crippen LogP contribution in [0.2, 0.25) is 0 Å². The van der Waals surface area contributed by atoms with Gasteiger partial charge in [-0.2, -0.15) is 0 Å². The largest absolute Gasteiger partial charge is 0.495 e. The second-order valence-corrected chi connectivity index (χ2v) is 5.35. The van der Waals surface area contributed by atoms with Gasteiger partial charge in [0.2, 0.25) is 5.91 Å². The van der Waals surface area contributed by atoms with Gasteiger partial charge in [-0.1, -0.05) is 0 Å². The summed E-state index contributed by atoms with van der Waals surface area (Å²) in [5.74, 6) is 0.505. The number of aliphatic hydroxyl groups excluding tert-OH is 1. The Balaban J connectivity index is 1.85. The molecule has 2 rings (SSSR count). The van der Waals surface area contributed by atoms with E-state index in [-0.39, 0.29) is 12.0 Å². The molecule has 1 aromatic rings. The van der Waals surface area contributed by atoms with Gasteiger partial charge < -0.3 is 25.8 Å². The minimum atomic E-state index is -0.268. The van der Waals surface area contributed by atoms with Crippen molar-refractivity contribution >= 4 is 17.3 Å². The maximum atomic E-state index is 12.0. The molecule has 1 unspecified atom stereocenters. The first-order chi connectivity index (χ1) is 10.1. The van der Waals surface area contributed by atoms with Crippen molar-refractivity contribution in [1.82, 2.24) is 4.90 Å². The molecular formula is C15H23N3O3. The third-order valence-electron chi connectivity index (χ3n) is 3.63. The van der Waals surface area contributed by atoms with Crippen LogP contribution >= 0.6 is 0 Å². The van der Waals surface area contributed by atoms with Crippen molar-refractivity contribution in [2.45, 2.75) is 25.4 Å². The van der Waals surface area contributed by atoms with Gasteiger partial charge in [0.05, 0.1) is 18.9 Å². The number of carbonyl (C=O) groups excluding carboxylic acids is 1. The number of β-amino-alcohol motifs (C(OH)–C–C–N with tert-alkyl or cyclic N) is 1. The van der Waals surface area contributed by atoms with E-state index < -0.39 is 0 Å². The number of amides is 1. The molecule has 0 bridgehead atoms. The Bertz CT molecular complexity index is 493. The number of methoxy groups -OCH3 is 1. The Labute approximate surface area is 124 Å². The number of likely N-dealkylation sites (tertiary alicyclic amines) is 1. The number of carbonyl (C=O) groups is 1. The van der Waals surface area contributed by atoms with Gasteiger partial charge in [-0.05, 0) is 37.6 Å². The Morgan fingerprint density at radius 1 is 1.57 bits per heavy atom. The highest BCUT2D eigenvalue weighted by molar-refractivity contribution is 5.93. The summed E-state index contributed by atoms with van der Waals surface area (Å²) in [7, 11) is 1.55. The van der Waals surface area contributed by atoms with Gasteiger partial charge >= 0.3 is 0 Å². The summed E-state index contributed by atoms with van der Waals surface area (Å²) in [4.78, 5) is 14.1. The lowest BCUT2D eigenvalue weighted by Gasteiger charge is -2.29. The number of ether oxygens (including phenoxy) is 1. The molecule has 4 N–H and O–H groups in total. The minimum Gasteiger partial charge on any atom is -0.495 e. The predicted octanol–water partition coefficient (Wildman–Crippen LogP) is 1.06. The van der Waals surface area contributed by atoms with Crippen molar-refractivity contribution in [2.24, 2.45) is 0 Å². The first-order valence-electron chi connectivity index (χ1n) is 7.22. The minimum absolute atomic E-state index is 0.0843. The van der Waals surface area contributed by atoms with Crippen molar-refractivity contribution in [3.05, 3.63) is 18.2 Å². The van der Waals surface area contributed by atoms with Crippen LogP contribution in [0.5, 0.6) is 5.75 Å². The van der Waals surface area contributed by atoms with E-state index in [1.165, 1.54) is 0 Å². The smallest absolute Gasteiger partial charge is 0.225 e. The fourth-order valence-electron chi connectivity index (χ4n) is 2.53. The molecule has 1 atom stereocenters. The molecule has 0 aliphatic carbocycles. The van der Waals surface area contributed by atoms with Crippen molar-refractivity contribution in [3.63, 3.8) is 0 Å². The monoisotopic (exact) mass is 293 g/mol. The zero-order chi connectivity index (χ0) is 15.2. The molecule has 1 aromatic carbocycles. The number of nitrogens with two attached hydrogens (primary N) is 1. The quantitative estimate of drug-likeness (QED) is 0.707. The summed E-state index contributed by atoms with van der Waals surface area (Å²) in [5, 5.41) is 12.4. The number of nitrogen functional groups attached to an aromatic ring is 1. The highest BCUT2D eigenvalue weighted by atomic mass is 16.5. The Hall–Kier alpha value is -1.79. The number of hydrogen-bond donors (Lipinski definition) is 3. The summed E-state index contributed by atoms with van der Waals surface area (Å²) < 4.78 is 5.20. The molecule has 1 aliphatic rings. The van der Waals surface area contributed by atoms with Crippen LogP contribution in [0.1, 0.15) is 19.3 Å². The molecule has 1 aliphatic heterocycles. The molecule has 1 fully saturated rings. The van der Waals surface area contributed by atoms with Crippen LogP contribution in [0.3, 0.4) is 0 Å². The second-order valence-electron chi connectivity index (χ2n) is 5.35. The summed E-state index contributed by atoms with van der Waals surface area (Å²) in [6, 6.07) is 5.14. The van der Waals surface area contributed by atoms with E-state index in [0.717, 1.165) is 19.4 Å². The molecular weight excluding hydrogens is 270 g/mol. The van der Waals surface area contributed by atoms with Crippen LogP contribution in [0.25, 0.3) is 0 Å². The van der Waals surface area contributed by atoms with Crippen LogP contribution in [0, 0.1) is 0 Å². The number of rotatable bonds is 5. The zero-order valence-electron chi connectivity index (χ0n) is 12.3. The van der Waals surface area contributed by atoms with Crippen LogP contribution in [-0.4, -0.2) is 48.8 Å². The topological polar surface area (TPSA) is 87.8 Å². The fraction of sp³-hybridized carbons (Fsp3) is 0.533. The average Bonchev–Trinajstić information content (AvgIpc) is 2.45. The predicted molar refractivity (Wildman–Crippen MR) is 82.3 cm³/mol. The van der Waals surface area contributed by atoms with Gasteiger partial charge in [0.1, 0.15) is 5.75 Å². The van der Waals surface area contributed by atoms with Crippen molar-refractivity contribution in [2.75, 3.05) is 37.8 Å². The molecule has 21 heavy (non-hydrogen) atoms. The average molecular weight is 293 g/mol.